The highest BCUT2D eigenvalue weighted by Crippen LogP contribution is 2.58. The van der Waals surface area contributed by atoms with Crippen LogP contribution in [0.25, 0.3) is 0 Å². The van der Waals surface area contributed by atoms with Crippen LogP contribution >= 0.6 is 0 Å². The number of esters is 1. The first-order valence-electron chi connectivity index (χ1n) is 7.31. The summed E-state index contributed by atoms with van der Waals surface area (Å²) in [6, 6.07) is 12.0. The van der Waals surface area contributed by atoms with Gasteiger partial charge in [-0.05, 0) is 25.3 Å². The van der Waals surface area contributed by atoms with Crippen LogP contribution in [0, 0.1) is 16.7 Å². The fourth-order valence-corrected chi connectivity index (χ4v) is 4.07. The van der Waals surface area contributed by atoms with E-state index in [0.29, 0.717) is 0 Å². The van der Waals surface area contributed by atoms with E-state index in [9.17, 15) is 10.1 Å². The molecule has 104 valence electrons. The molecule has 3 heteroatoms. The molecule has 3 nitrogen and oxygen atoms in total. The minimum absolute atomic E-state index is 0.239. The summed E-state index contributed by atoms with van der Waals surface area (Å²) in [5.74, 6) is -0.239. The third-order valence-electron chi connectivity index (χ3n) is 5.34. The molecule has 1 saturated carbocycles. The van der Waals surface area contributed by atoms with Crippen LogP contribution in [0.1, 0.15) is 44.6 Å². The Kier molecular flexibility index (Phi) is 3.05. The Labute approximate surface area is 119 Å². The molecule has 2 fully saturated rings. The molecule has 3 rings (SSSR count). The molecule has 0 unspecified atom stereocenters. The molecule has 1 spiro atoms. The van der Waals surface area contributed by atoms with Crippen molar-refractivity contribution >= 4 is 5.97 Å². The Bertz CT molecular complexity index is 554. The first kappa shape index (κ1) is 13.2. The van der Waals surface area contributed by atoms with Crippen LogP contribution in [-0.2, 0) is 14.9 Å². The molecule has 1 aromatic carbocycles. The van der Waals surface area contributed by atoms with Gasteiger partial charge in [0.1, 0.15) is 11.5 Å². The van der Waals surface area contributed by atoms with Crippen LogP contribution in [-0.4, -0.2) is 12.1 Å². The van der Waals surface area contributed by atoms with Crippen molar-refractivity contribution in [2.45, 2.75) is 50.5 Å². The van der Waals surface area contributed by atoms with Gasteiger partial charge in [-0.25, -0.2) is 0 Å². The normalized spacial score (nSPS) is 31.8. The minimum Gasteiger partial charge on any atom is -0.446 e. The van der Waals surface area contributed by atoms with E-state index in [4.69, 9.17) is 4.74 Å². The zero-order chi connectivity index (χ0) is 14.2. The predicted octanol–water partition coefficient (Wildman–Crippen LogP) is 3.34. The molecule has 0 amide bonds. The number of rotatable bonds is 1. The van der Waals surface area contributed by atoms with E-state index < -0.39 is 11.5 Å². The number of cyclic esters (lactones) is 1. The molecule has 1 aromatic rings. The molecular formula is C17H19NO2. The summed E-state index contributed by atoms with van der Waals surface area (Å²) in [7, 11) is 0. The van der Waals surface area contributed by atoms with E-state index in [1.54, 1.807) is 0 Å². The van der Waals surface area contributed by atoms with Gasteiger partial charge in [0.05, 0.1) is 0 Å². The summed E-state index contributed by atoms with van der Waals surface area (Å²) in [5.41, 5.74) is -0.0855. The summed E-state index contributed by atoms with van der Waals surface area (Å²) in [6.45, 7) is 1.97. The molecule has 2 atom stereocenters. The van der Waals surface area contributed by atoms with Crippen molar-refractivity contribution in [2.75, 3.05) is 0 Å². The summed E-state index contributed by atoms with van der Waals surface area (Å²) in [5, 5.41) is 9.45. The number of nitrogens with zero attached hydrogens (tertiary/aromatic N) is 1. The first-order valence-corrected chi connectivity index (χ1v) is 7.31. The van der Waals surface area contributed by atoms with Crippen molar-refractivity contribution in [3.63, 3.8) is 0 Å². The predicted molar refractivity (Wildman–Crippen MR) is 74.8 cm³/mol. The van der Waals surface area contributed by atoms with Gasteiger partial charge in [-0.2, -0.15) is 5.26 Å². The van der Waals surface area contributed by atoms with Gasteiger partial charge in [-0.3, -0.25) is 4.79 Å². The highest BCUT2D eigenvalue weighted by molar-refractivity contribution is 5.87. The minimum atomic E-state index is -0.699. The second kappa shape index (κ2) is 4.63. The molecule has 0 radical (unpaired) electrons. The summed E-state index contributed by atoms with van der Waals surface area (Å²) < 4.78 is 5.47. The number of ether oxygens (including phenoxy) is 1. The van der Waals surface area contributed by atoms with E-state index in [2.05, 4.69) is 6.07 Å². The van der Waals surface area contributed by atoms with Gasteiger partial charge in [0.25, 0.3) is 0 Å². The van der Waals surface area contributed by atoms with E-state index >= 15 is 0 Å². The van der Waals surface area contributed by atoms with E-state index in [0.717, 1.165) is 31.2 Å². The number of carbonyl (C=O) groups is 1. The van der Waals surface area contributed by atoms with E-state index in [-0.39, 0.29) is 11.4 Å². The topological polar surface area (TPSA) is 50.1 Å². The Morgan fingerprint density at radius 3 is 2.45 bits per heavy atom. The molecule has 20 heavy (non-hydrogen) atoms. The van der Waals surface area contributed by atoms with Crippen LogP contribution in [0.5, 0.6) is 0 Å². The molecule has 1 aliphatic carbocycles. The average molecular weight is 269 g/mol. The lowest BCUT2D eigenvalue weighted by atomic mass is 9.54. The lowest BCUT2D eigenvalue weighted by Gasteiger charge is -2.44. The number of carbonyl (C=O) groups excluding carboxylic acids is 1. The Balaban J connectivity index is 2.16. The van der Waals surface area contributed by atoms with E-state index in [1.807, 2.05) is 37.3 Å². The lowest BCUT2D eigenvalue weighted by Crippen LogP contribution is -2.48. The van der Waals surface area contributed by atoms with Gasteiger partial charge in [0.2, 0.25) is 0 Å². The second-order valence-corrected chi connectivity index (χ2v) is 6.12. The van der Waals surface area contributed by atoms with Crippen LogP contribution in [0.2, 0.25) is 0 Å². The molecule has 0 bridgehead atoms. The largest absolute Gasteiger partial charge is 0.446 e. The maximum absolute atomic E-state index is 12.6. The van der Waals surface area contributed by atoms with Crippen molar-refractivity contribution in [2.24, 2.45) is 5.41 Å². The summed E-state index contributed by atoms with van der Waals surface area (Å²) in [4.78, 5) is 12.6. The van der Waals surface area contributed by atoms with Crippen LogP contribution in [0.4, 0.5) is 0 Å². The molecule has 0 N–H and O–H groups in total. The third kappa shape index (κ3) is 1.54. The van der Waals surface area contributed by atoms with Crippen molar-refractivity contribution in [1.29, 1.82) is 5.26 Å². The smallest absolute Gasteiger partial charge is 0.318 e. The molecule has 1 saturated heterocycles. The van der Waals surface area contributed by atoms with Gasteiger partial charge in [0, 0.05) is 5.41 Å². The Morgan fingerprint density at radius 2 is 1.85 bits per heavy atom. The quantitative estimate of drug-likeness (QED) is 0.735. The maximum atomic E-state index is 12.6. The molecule has 0 aromatic heterocycles. The monoisotopic (exact) mass is 269 g/mol. The fourth-order valence-electron chi connectivity index (χ4n) is 4.07. The van der Waals surface area contributed by atoms with Crippen LogP contribution in [0.15, 0.2) is 30.3 Å². The lowest BCUT2D eigenvalue weighted by molar-refractivity contribution is -0.143. The highest BCUT2D eigenvalue weighted by atomic mass is 16.6. The van der Waals surface area contributed by atoms with Gasteiger partial charge in [-0.15, -0.1) is 0 Å². The van der Waals surface area contributed by atoms with Crippen molar-refractivity contribution in [3.8, 4) is 6.07 Å². The number of nitriles is 1. The average Bonchev–Trinajstić information content (AvgIpc) is 2.71. The van der Waals surface area contributed by atoms with Crippen molar-refractivity contribution < 1.29 is 9.53 Å². The Hall–Kier alpha value is -1.82. The van der Waals surface area contributed by atoms with Gasteiger partial charge >= 0.3 is 5.97 Å². The molecule has 1 aliphatic heterocycles. The third-order valence-corrected chi connectivity index (χ3v) is 5.34. The van der Waals surface area contributed by atoms with Crippen LogP contribution < -0.4 is 0 Å². The van der Waals surface area contributed by atoms with Gasteiger partial charge < -0.3 is 4.74 Å². The molecule has 2 aliphatic rings. The SMILES string of the molecule is C[C@]1(c2ccccc2)C(=O)O[C@@H](C#N)C12CCCCC2. The first-order chi connectivity index (χ1) is 9.65. The van der Waals surface area contributed by atoms with Crippen LogP contribution in [0.3, 0.4) is 0 Å². The van der Waals surface area contributed by atoms with Crippen molar-refractivity contribution in [3.05, 3.63) is 35.9 Å². The van der Waals surface area contributed by atoms with Crippen molar-refractivity contribution in [1.82, 2.24) is 0 Å². The fraction of sp³-hybridized carbons (Fsp3) is 0.529. The van der Waals surface area contributed by atoms with Gasteiger partial charge in [0.15, 0.2) is 6.10 Å². The van der Waals surface area contributed by atoms with E-state index in [1.165, 1.54) is 6.42 Å². The zero-order valence-corrected chi connectivity index (χ0v) is 11.8. The molecule has 1 heterocycles. The highest BCUT2D eigenvalue weighted by Gasteiger charge is 2.65. The number of hydrogen-bond acceptors (Lipinski definition) is 3. The summed E-state index contributed by atoms with van der Waals surface area (Å²) in [6.07, 6.45) is 4.48. The zero-order valence-electron chi connectivity index (χ0n) is 11.8. The Morgan fingerprint density at radius 1 is 1.20 bits per heavy atom. The van der Waals surface area contributed by atoms with Gasteiger partial charge in [-0.1, -0.05) is 49.6 Å². The second-order valence-electron chi connectivity index (χ2n) is 6.12. The number of hydrogen-bond donors (Lipinski definition) is 0. The summed E-state index contributed by atoms with van der Waals surface area (Å²) >= 11 is 0. The number of benzene rings is 1. The molecular weight excluding hydrogens is 250 g/mol. The standard InChI is InChI=1S/C17H19NO2/c1-16(13-8-4-2-5-9-13)15(19)20-14(12-18)17(16)10-6-3-7-11-17/h2,4-5,8-9,14H,3,6-7,10-11H2,1H3/t14-,16-/m0/s1. The maximum Gasteiger partial charge on any atom is 0.318 e.